The van der Waals surface area contributed by atoms with E-state index in [2.05, 4.69) is 36.7 Å². The Hall–Kier alpha value is -2.03. The summed E-state index contributed by atoms with van der Waals surface area (Å²) in [5.74, 6) is 1.00. The molecule has 21 heavy (non-hydrogen) atoms. The zero-order valence-corrected chi connectivity index (χ0v) is 12.5. The van der Waals surface area contributed by atoms with E-state index in [4.69, 9.17) is 0 Å². The van der Waals surface area contributed by atoms with Gasteiger partial charge in [-0.1, -0.05) is 38.1 Å². The van der Waals surface area contributed by atoms with E-state index in [1.807, 2.05) is 18.0 Å². The number of piperidine rings is 1. The van der Waals surface area contributed by atoms with Crippen molar-refractivity contribution in [2.24, 2.45) is 11.8 Å². The molecule has 0 radical (unpaired) electrons. The molecule has 1 amide bonds. The number of aromatic amines is 1. The lowest BCUT2D eigenvalue weighted by molar-refractivity contribution is -0.139. The van der Waals surface area contributed by atoms with Crippen molar-refractivity contribution in [3.05, 3.63) is 42.1 Å². The highest BCUT2D eigenvalue weighted by atomic mass is 16.2. The average molecular weight is 280 g/mol. The van der Waals surface area contributed by atoms with Crippen LogP contribution in [0.15, 0.2) is 30.8 Å². The summed E-state index contributed by atoms with van der Waals surface area (Å²) in [6.07, 6.45) is 1.67. The van der Waals surface area contributed by atoms with E-state index in [-0.39, 0.29) is 17.9 Å². The van der Waals surface area contributed by atoms with Crippen molar-refractivity contribution >= 4 is 22.4 Å². The van der Waals surface area contributed by atoms with Crippen LogP contribution in [0.2, 0.25) is 0 Å². The maximum absolute atomic E-state index is 12.4. The minimum absolute atomic E-state index is 0.179. The fourth-order valence-electron chi connectivity index (χ4n) is 4.35. The number of fused-ring (bicyclic) bond motifs is 6. The van der Waals surface area contributed by atoms with Gasteiger partial charge in [0.1, 0.15) is 0 Å². The van der Waals surface area contributed by atoms with Gasteiger partial charge >= 0.3 is 0 Å². The number of carbonyl (C=O) groups is 1. The first-order valence-electron chi connectivity index (χ1n) is 7.69. The Balaban J connectivity index is 2.04. The number of nitrogens with one attached hydrogen (secondary N) is 1. The topological polar surface area (TPSA) is 36.1 Å². The molecule has 3 heteroatoms. The fourth-order valence-corrected chi connectivity index (χ4v) is 4.35. The van der Waals surface area contributed by atoms with Crippen molar-refractivity contribution in [3.63, 3.8) is 0 Å². The molecule has 4 rings (SSSR count). The van der Waals surface area contributed by atoms with Crippen LogP contribution in [0.3, 0.4) is 0 Å². The maximum Gasteiger partial charge on any atom is 0.223 e. The van der Waals surface area contributed by atoms with Crippen molar-refractivity contribution in [2.45, 2.75) is 25.8 Å². The van der Waals surface area contributed by atoms with E-state index in [0.717, 1.165) is 23.2 Å². The standard InChI is InChI=1S/C18H20N2O/c1-4-11-13-9-15(21)20(3)18(11)16-12-7-5-6-8-14(12)19-17(16)10(13)2/h5-8,11,13,18-19H,2,4,9H2,1,3H3/t11?,13-,18-/m1/s1. The number of hydrogen-bond acceptors (Lipinski definition) is 1. The number of carbonyl (C=O) groups excluding carboxylic acids is 1. The number of aromatic nitrogens is 1. The number of para-hydroxylation sites is 1. The summed E-state index contributed by atoms with van der Waals surface area (Å²) in [5, 5.41) is 1.23. The van der Waals surface area contributed by atoms with E-state index in [0.29, 0.717) is 12.3 Å². The first-order valence-corrected chi connectivity index (χ1v) is 7.69. The second-order valence-electron chi connectivity index (χ2n) is 6.32. The molecule has 1 aromatic carbocycles. The molecule has 3 atom stereocenters. The van der Waals surface area contributed by atoms with Crippen LogP contribution >= 0.6 is 0 Å². The van der Waals surface area contributed by atoms with Crippen molar-refractivity contribution in [1.29, 1.82) is 0 Å². The van der Waals surface area contributed by atoms with Gasteiger partial charge in [0.25, 0.3) is 0 Å². The molecule has 1 saturated heterocycles. The molecule has 1 fully saturated rings. The predicted molar refractivity (Wildman–Crippen MR) is 84.7 cm³/mol. The van der Waals surface area contributed by atoms with Crippen LogP contribution in [0.4, 0.5) is 0 Å². The maximum atomic E-state index is 12.4. The van der Waals surface area contributed by atoms with Gasteiger partial charge in [0.15, 0.2) is 0 Å². The Kier molecular flexibility index (Phi) is 2.56. The van der Waals surface area contributed by atoms with E-state index < -0.39 is 0 Å². The Morgan fingerprint density at radius 3 is 2.90 bits per heavy atom. The van der Waals surface area contributed by atoms with Crippen LogP contribution in [-0.4, -0.2) is 22.8 Å². The zero-order chi connectivity index (χ0) is 14.7. The largest absolute Gasteiger partial charge is 0.355 e. The number of amides is 1. The summed E-state index contributed by atoms with van der Waals surface area (Å²) >= 11 is 0. The number of benzene rings is 1. The second-order valence-corrected chi connectivity index (χ2v) is 6.32. The molecule has 0 saturated carbocycles. The lowest BCUT2D eigenvalue weighted by Crippen LogP contribution is -2.47. The first kappa shape index (κ1) is 12.7. The Labute approximate surface area is 124 Å². The molecule has 2 bridgehead atoms. The second kappa shape index (κ2) is 4.23. The van der Waals surface area contributed by atoms with Gasteiger partial charge in [-0.05, 0) is 23.5 Å². The predicted octanol–water partition coefficient (Wildman–Crippen LogP) is 3.74. The van der Waals surface area contributed by atoms with E-state index in [1.54, 1.807) is 0 Å². The highest BCUT2D eigenvalue weighted by molar-refractivity contribution is 5.94. The SMILES string of the molecule is C=C1c2[nH]c3ccccc3c2[C@H]2C(CC)[C@@H]1CC(=O)N2C. The summed E-state index contributed by atoms with van der Waals surface area (Å²) in [5.41, 5.74) is 4.70. The highest BCUT2D eigenvalue weighted by Gasteiger charge is 2.47. The number of likely N-dealkylation sites (tertiary alicyclic amines) is 1. The molecule has 3 nitrogen and oxygen atoms in total. The van der Waals surface area contributed by atoms with Gasteiger partial charge in [0.05, 0.1) is 6.04 Å². The van der Waals surface area contributed by atoms with Crippen LogP contribution in [0, 0.1) is 11.8 Å². The molecule has 1 unspecified atom stereocenters. The van der Waals surface area contributed by atoms with Gasteiger partial charge in [0.2, 0.25) is 5.91 Å². The van der Waals surface area contributed by atoms with Crippen LogP contribution in [0.5, 0.6) is 0 Å². The van der Waals surface area contributed by atoms with E-state index in [9.17, 15) is 4.79 Å². The lowest BCUT2D eigenvalue weighted by atomic mass is 9.66. The van der Waals surface area contributed by atoms with Gasteiger partial charge in [0, 0.05) is 35.6 Å². The number of hydrogen-bond donors (Lipinski definition) is 1. The van der Waals surface area contributed by atoms with Gasteiger partial charge in [-0.3, -0.25) is 4.79 Å². The summed E-state index contributed by atoms with van der Waals surface area (Å²) in [6.45, 7) is 6.55. The van der Waals surface area contributed by atoms with Gasteiger partial charge in [-0.15, -0.1) is 0 Å². The van der Waals surface area contributed by atoms with Crippen molar-refractivity contribution in [3.8, 4) is 0 Å². The van der Waals surface area contributed by atoms with Crippen molar-refractivity contribution < 1.29 is 4.79 Å². The minimum atomic E-state index is 0.179. The Morgan fingerprint density at radius 2 is 2.14 bits per heavy atom. The van der Waals surface area contributed by atoms with Crippen molar-refractivity contribution in [2.75, 3.05) is 7.05 Å². The molecule has 1 aromatic heterocycles. The van der Waals surface area contributed by atoms with Gasteiger partial charge in [-0.25, -0.2) is 0 Å². The number of nitrogens with zero attached hydrogens (tertiary/aromatic N) is 1. The smallest absolute Gasteiger partial charge is 0.223 e. The normalized spacial score (nSPS) is 28.1. The van der Waals surface area contributed by atoms with E-state index >= 15 is 0 Å². The highest BCUT2D eigenvalue weighted by Crippen LogP contribution is 2.53. The monoisotopic (exact) mass is 280 g/mol. The third-order valence-corrected chi connectivity index (χ3v) is 5.41. The molecular weight excluding hydrogens is 260 g/mol. The quantitative estimate of drug-likeness (QED) is 0.848. The molecule has 0 spiro atoms. The molecular formula is C18H20N2O. The molecule has 1 N–H and O–H groups in total. The van der Waals surface area contributed by atoms with Crippen LogP contribution < -0.4 is 0 Å². The summed E-state index contributed by atoms with van der Waals surface area (Å²) in [7, 11) is 1.95. The van der Waals surface area contributed by atoms with Crippen molar-refractivity contribution in [1.82, 2.24) is 9.88 Å². The molecule has 2 heterocycles. The third-order valence-electron chi connectivity index (χ3n) is 5.41. The fraction of sp³-hybridized carbons (Fsp3) is 0.389. The third kappa shape index (κ3) is 1.52. The summed E-state index contributed by atoms with van der Waals surface area (Å²) < 4.78 is 0. The van der Waals surface area contributed by atoms with Gasteiger partial charge < -0.3 is 9.88 Å². The van der Waals surface area contributed by atoms with Crippen LogP contribution in [0.25, 0.3) is 16.5 Å². The number of H-pyrrole nitrogens is 1. The molecule has 1 aliphatic carbocycles. The summed E-state index contributed by atoms with van der Waals surface area (Å²) in [4.78, 5) is 17.8. The molecule has 2 aromatic rings. The average Bonchev–Trinajstić information content (AvgIpc) is 2.87. The molecule has 108 valence electrons. The van der Waals surface area contributed by atoms with Gasteiger partial charge in [-0.2, -0.15) is 0 Å². The zero-order valence-electron chi connectivity index (χ0n) is 12.5. The Bertz CT molecular complexity index is 758. The minimum Gasteiger partial charge on any atom is -0.355 e. The lowest BCUT2D eigenvalue weighted by Gasteiger charge is -2.48. The van der Waals surface area contributed by atoms with Crippen LogP contribution in [0.1, 0.15) is 37.1 Å². The molecule has 1 aliphatic heterocycles. The Morgan fingerprint density at radius 1 is 1.38 bits per heavy atom. The number of rotatable bonds is 1. The number of allylic oxidation sites excluding steroid dienone is 1. The molecule has 2 aliphatic rings. The van der Waals surface area contributed by atoms with Crippen LogP contribution in [-0.2, 0) is 4.79 Å². The van der Waals surface area contributed by atoms with E-state index in [1.165, 1.54) is 10.9 Å². The first-order chi connectivity index (χ1) is 10.1. The summed E-state index contributed by atoms with van der Waals surface area (Å²) in [6, 6.07) is 8.55.